The number of nitrogens with one attached hydrogen (secondary N) is 2. The van der Waals surface area contributed by atoms with E-state index in [1.54, 1.807) is 28.8 Å². The molecule has 0 atom stereocenters. The minimum atomic E-state index is -1.04. The van der Waals surface area contributed by atoms with E-state index in [-0.39, 0.29) is 17.3 Å². The molecule has 2 N–H and O–H groups in total. The minimum Gasteiger partial charge on any atom is -0.326 e. The molecule has 28 heavy (non-hydrogen) atoms. The summed E-state index contributed by atoms with van der Waals surface area (Å²) >= 11 is 1.13. The summed E-state index contributed by atoms with van der Waals surface area (Å²) in [6, 6.07) is 10.2. The molecule has 1 heterocycles. The van der Waals surface area contributed by atoms with Gasteiger partial charge in [-0.1, -0.05) is 17.8 Å². The molecule has 10 heteroatoms. The summed E-state index contributed by atoms with van der Waals surface area (Å²) in [5, 5.41) is 13.5. The van der Waals surface area contributed by atoms with Crippen LogP contribution in [0.5, 0.6) is 0 Å². The van der Waals surface area contributed by atoms with Crippen molar-refractivity contribution in [3.05, 3.63) is 60.4 Å². The van der Waals surface area contributed by atoms with E-state index >= 15 is 0 Å². The van der Waals surface area contributed by atoms with Crippen molar-refractivity contribution in [1.82, 2.24) is 14.8 Å². The number of hydrogen-bond acceptors (Lipinski definition) is 5. The molecule has 0 bridgehead atoms. The summed E-state index contributed by atoms with van der Waals surface area (Å²) in [5.74, 6) is -2.63. The van der Waals surface area contributed by atoms with E-state index in [1.165, 1.54) is 19.3 Å². The molecule has 0 fully saturated rings. The molecule has 3 aromatic rings. The lowest BCUT2D eigenvalue weighted by atomic mass is 10.2. The molecule has 0 saturated carbocycles. The van der Waals surface area contributed by atoms with Crippen LogP contribution in [-0.4, -0.2) is 32.3 Å². The molecule has 144 valence electrons. The first-order valence-corrected chi connectivity index (χ1v) is 9.06. The van der Waals surface area contributed by atoms with Gasteiger partial charge in [0, 0.05) is 24.4 Å². The van der Waals surface area contributed by atoms with Crippen molar-refractivity contribution >= 4 is 35.0 Å². The lowest BCUT2D eigenvalue weighted by Crippen LogP contribution is -2.14. The first kappa shape index (κ1) is 19.5. The predicted octanol–water partition coefficient (Wildman–Crippen LogP) is 3.23. The number of amides is 2. The lowest BCUT2D eigenvalue weighted by molar-refractivity contribution is -0.114. The number of carbonyl (C=O) groups excluding carboxylic acids is 2. The first-order valence-electron chi connectivity index (χ1n) is 8.08. The molecule has 2 amide bonds. The highest BCUT2D eigenvalue weighted by molar-refractivity contribution is 7.99. The van der Waals surface area contributed by atoms with Gasteiger partial charge in [-0.3, -0.25) is 14.2 Å². The maximum atomic E-state index is 13.2. The van der Waals surface area contributed by atoms with Crippen molar-refractivity contribution in [2.75, 3.05) is 16.4 Å². The normalized spacial score (nSPS) is 10.5. The smallest absolute Gasteiger partial charge is 0.234 e. The van der Waals surface area contributed by atoms with Crippen LogP contribution < -0.4 is 10.6 Å². The Morgan fingerprint density at radius 2 is 1.86 bits per heavy atom. The Kier molecular flexibility index (Phi) is 5.99. The molecule has 0 aliphatic rings. The maximum absolute atomic E-state index is 13.2. The van der Waals surface area contributed by atoms with Gasteiger partial charge in [0.15, 0.2) is 16.8 Å². The number of carbonyl (C=O) groups is 2. The Morgan fingerprint density at radius 3 is 2.61 bits per heavy atom. The van der Waals surface area contributed by atoms with E-state index in [0.717, 1.165) is 23.9 Å². The van der Waals surface area contributed by atoms with E-state index in [1.807, 2.05) is 0 Å². The maximum Gasteiger partial charge on any atom is 0.234 e. The molecule has 1 aromatic heterocycles. The topological polar surface area (TPSA) is 88.9 Å². The Morgan fingerprint density at radius 1 is 1.07 bits per heavy atom. The number of rotatable bonds is 6. The van der Waals surface area contributed by atoms with Crippen LogP contribution in [0.2, 0.25) is 0 Å². The predicted molar refractivity (Wildman–Crippen MR) is 101 cm³/mol. The molecule has 0 spiro atoms. The minimum absolute atomic E-state index is 0.0108. The Bertz CT molecular complexity index is 1020. The van der Waals surface area contributed by atoms with Gasteiger partial charge in [-0.05, 0) is 30.3 Å². The molecule has 0 aliphatic carbocycles. The van der Waals surface area contributed by atoms with Crippen LogP contribution in [0.4, 0.5) is 20.2 Å². The van der Waals surface area contributed by atoms with Gasteiger partial charge in [-0.25, -0.2) is 8.78 Å². The fourth-order valence-electron chi connectivity index (χ4n) is 2.34. The molecule has 7 nitrogen and oxygen atoms in total. The van der Waals surface area contributed by atoms with Crippen LogP contribution in [0, 0.1) is 11.6 Å². The quantitative estimate of drug-likeness (QED) is 0.617. The van der Waals surface area contributed by atoms with Crippen molar-refractivity contribution in [3.63, 3.8) is 0 Å². The summed E-state index contributed by atoms with van der Waals surface area (Å²) < 4.78 is 27.8. The van der Waals surface area contributed by atoms with Gasteiger partial charge in [-0.15, -0.1) is 10.2 Å². The van der Waals surface area contributed by atoms with Gasteiger partial charge in [0.25, 0.3) is 0 Å². The fraction of sp³-hybridized carbons (Fsp3) is 0.111. The SMILES string of the molecule is CC(=O)Nc1cccc(-n2cnnc2SCC(=O)Nc2ccc(F)c(F)c2)c1. The zero-order valence-electron chi connectivity index (χ0n) is 14.6. The highest BCUT2D eigenvalue weighted by Crippen LogP contribution is 2.22. The van der Waals surface area contributed by atoms with Crippen molar-refractivity contribution < 1.29 is 18.4 Å². The van der Waals surface area contributed by atoms with Crippen molar-refractivity contribution in [2.24, 2.45) is 0 Å². The van der Waals surface area contributed by atoms with Crippen LogP contribution in [0.15, 0.2) is 53.9 Å². The van der Waals surface area contributed by atoms with Gasteiger partial charge >= 0.3 is 0 Å². The fourth-order valence-corrected chi connectivity index (χ4v) is 3.07. The Balaban J connectivity index is 1.66. The second-order valence-corrected chi connectivity index (χ2v) is 6.62. The van der Waals surface area contributed by atoms with Crippen LogP contribution in [0.3, 0.4) is 0 Å². The average Bonchev–Trinajstić information content (AvgIpc) is 3.11. The van der Waals surface area contributed by atoms with E-state index < -0.39 is 17.5 Å². The Labute approximate surface area is 163 Å². The summed E-state index contributed by atoms with van der Waals surface area (Å²) in [7, 11) is 0. The first-order chi connectivity index (χ1) is 13.4. The summed E-state index contributed by atoms with van der Waals surface area (Å²) in [5.41, 5.74) is 1.49. The number of nitrogens with zero attached hydrogens (tertiary/aromatic N) is 3. The highest BCUT2D eigenvalue weighted by atomic mass is 32.2. The number of halogens is 2. The third-order valence-electron chi connectivity index (χ3n) is 3.50. The van der Waals surface area contributed by atoms with Gasteiger partial charge < -0.3 is 10.6 Å². The molecule has 0 saturated heterocycles. The molecule has 0 aliphatic heterocycles. The molecule has 2 aromatic carbocycles. The lowest BCUT2D eigenvalue weighted by Gasteiger charge is -2.09. The largest absolute Gasteiger partial charge is 0.326 e. The third kappa shape index (κ3) is 4.92. The van der Waals surface area contributed by atoms with Crippen LogP contribution in [0.25, 0.3) is 5.69 Å². The molecular formula is C18H15F2N5O2S. The number of hydrogen-bond donors (Lipinski definition) is 2. The van der Waals surface area contributed by atoms with Crippen LogP contribution in [0.1, 0.15) is 6.92 Å². The van der Waals surface area contributed by atoms with Gasteiger partial charge in [0.1, 0.15) is 6.33 Å². The number of aromatic nitrogens is 3. The van der Waals surface area contributed by atoms with Gasteiger partial charge in [-0.2, -0.15) is 0 Å². The second kappa shape index (κ2) is 8.61. The van der Waals surface area contributed by atoms with E-state index in [9.17, 15) is 18.4 Å². The van der Waals surface area contributed by atoms with E-state index in [2.05, 4.69) is 20.8 Å². The summed E-state index contributed by atoms with van der Waals surface area (Å²) in [6.45, 7) is 1.42. The van der Waals surface area contributed by atoms with Crippen LogP contribution in [-0.2, 0) is 9.59 Å². The average molecular weight is 403 g/mol. The standard InChI is InChI=1S/C18H15F2N5O2S/c1-11(26)22-12-3-2-4-14(7-12)25-10-21-24-18(25)28-9-17(27)23-13-5-6-15(19)16(20)8-13/h2-8,10H,9H2,1H3,(H,22,26)(H,23,27). The number of benzene rings is 2. The molecule has 0 radical (unpaired) electrons. The molecule has 0 unspecified atom stereocenters. The van der Waals surface area contributed by atoms with Gasteiger partial charge in [0.2, 0.25) is 11.8 Å². The number of anilines is 2. The Hall–Kier alpha value is -3.27. The van der Waals surface area contributed by atoms with E-state index in [0.29, 0.717) is 16.5 Å². The molecule has 3 rings (SSSR count). The third-order valence-corrected chi connectivity index (χ3v) is 4.44. The zero-order chi connectivity index (χ0) is 20.1. The number of thioether (sulfide) groups is 1. The zero-order valence-corrected chi connectivity index (χ0v) is 15.5. The van der Waals surface area contributed by atoms with Crippen molar-refractivity contribution in [3.8, 4) is 5.69 Å². The van der Waals surface area contributed by atoms with Crippen LogP contribution >= 0.6 is 11.8 Å². The monoisotopic (exact) mass is 403 g/mol. The molecular weight excluding hydrogens is 388 g/mol. The van der Waals surface area contributed by atoms with Crippen molar-refractivity contribution in [1.29, 1.82) is 0 Å². The highest BCUT2D eigenvalue weighted by Gasteiger charge is 2.12. The van der Waals surface area contributed by atoms with Gasteiger partial charge in [0.05, 0.1) is 11.4 Å². The van der Waals surface area contributed by atoms with E-state index in [4.69, 9.17) is 0 Å². The summed E-state index contributed by atoms with van der Waals surface area (Å²) in [6.07, 6.45) is 1.49. The van der Waals surface area contributed by atoms with Crippen molar-refractivity contribution in [2.45, 2.75) is 12.1 Å². The second-order valence-electron chi connectivity index (χ2n) is 5.68. The summed E-state index contributed by atoms with van der Waals surface area (Å²) in [4.78, 5) is 23.3.